The van der Waals surface area contributed by atoms with Crippen LogP contribution in [0.4, 0.5) is 5.69 Å². The molecule has 17 heavy (non-hydrogen) atoms. The average Bonchev–Trinajstić information content (AvgIpc) is 2.30. The third kappa shape index (κ3) is 2.27. The summed E-state index contributed by atoms with van der Waals surface area (Å²) >= 11 is 17.8. The Balaban J connectivity index is 2.65. The van der Waals surface area contributed by atoms with Gasteiger partial charge in [-0.2, -0.15) is 0 Å². The molecule has 88 valence electrons. The summed E-state index contributed by atoms with van der Waals surface area (Å²) in [5.41, 5.74) is 6.63. The van der Waals surface area contributed by atoms with Gasteiger partial charge in [0.2, 0.25) is 0 Å². The van der Waals surface area contributed by atoms with E-state index in [0.717, 1.165) is 0 Å². The van der Waals surface area contributed by atoms with Crippen LogP contribution in [0, 0.1) is 0 Å². The lowest BCUT2D eigenvalue weighted by molar-refractivity contribution is 1.25. The van der Waals surface area contributed by atoms with Crippen LogP contribution in [0.3, 0.4) is 0 Å². The fraction of sp³-hybridized carbons (Fsp3) is 0. The van der Waals surface area contributed by atoms with Crippen LogP contribution in [-0.4, -0.2) is 4.98 Å². The minimum absolute atomic E-state index is 0.115. The number of nitrogen functional groups attached to an aromatic ring is 1. The van der Waals surface area contributed by atoms with Gasteiger partial charge in [0.15, 0.2) is 0 Å². The predicted octanol–water partition coefficient (Wildman–Crippen LogP) is 3.58. The number of H-pyrrole nitrogens is 1. The Bertz CT molecular complexity index is 637. The van der Waals surface area contributed by atoms with Crippen molar-refractivity contribution in [2.24, 2.45) is 0 Å². The van der Waals surface area contributed by atoms with Gasteiger partial charge in [-0.1, -0.05) is 40.9 Å². The molecule has 2 aromatic rings. The Morgan fingerprint density at radius 3 is 2.47 bits per heavy atom. The number of aromatic amines is 1. The zero-order valence-electron chi connectivity index (χ0n) is 8.43. The van der Waals surface area contributed by atoms with Crippen molar-refractivity contribution in [3.63, 3.8) is 0 Å². The molecule has 0 amide bonds. The summed E-state index contributed by atoms with van der Waals surface area (Å²) in [7, 11) is 0. The van der Waals surface area contributed by atoms with E-state index in [9.17, 15) is 4.79 Å². The summed E-state index contributed by atoms with van der Waals surface area (Å²) in [5, 5.41) is 0.971. The van der Waals surface area contributed by atoms with Crippen molar-refractivity contribution < 1.29 is 0 Å². The maximum absolute atomic E-state index is 11.1. The highest BCUT2D eigenvalue weighted by molar-refractivity contribution is 6.49. The van der Waals surface area contributed by atoms with E-state index in [-0.39, 0.29) is 16.3 Å². The van der Waals surface area contributed by atoms with Crippen molar-refractivity contribution in [3.8, 4) is 11.1 Å². The lowest BCUT2D eigenvalue weighted by Gasteiger charge is -2.07. The molecular weight excluding hydrogens is 282 g/mol. The highest BCUT2D eigenvalue weighted by Gasteiger charge is 2.11. The van der Waals surface area contributed by atoms with E-state index in [1.165, 1.54) is 12.3 Å². The average molecular weight is 290 g/mol. The van der Waals surface area contributed by atoms with E-state index >= 15 is 0 Å². The van der Waals surface area contributed by atoms with Crippen molar-refractivity contribution in [1.82, 2.24) is 4.98 Å². The topological polar surface area (TPSA) is 58.9 Å². The van der Waals surface area contributed by atoms with Crippen LogP contribution in [0.15, 0.2) is 29.2 Å². The lowest BCUT2D eigenvalue weighted by atomic mass is 10.1. The summed E-state index contributed by atoms with van der Waals surface area (Å²) in [6, 6.07) is 4.88. The molecule has 0 spiro atoms. The van der Waals surface area contributed by atoms with Gasteiger partial charge in [-0.3, -0.25) is 4.79 Å². The second-order valence-electron chi connectivity index (χ2n) is 3.40. The third-order valence-electron chi connectivity index (χ3n) is 2.28. The molecule has 1 aromatic carbocycles. The number of benzene rings is 1. The van der Waals surface area contributed by atoms with Crippen LogP contribution in [0.1, 0.15) is 0 Å². The Labute approximate surface area is 112 Å². The van der Waals surface area contributed by atoms with Gasteiger partial charge in [-0.25, -0.2) is 0 Å². The fourth-order valence-corrected chi connectivity index (χ4v) is 2.05. The number of aromatic nitrogens is 1. The second kappa shape index (κ2) is 4.61. The van der Waals surface area contributed by atoms with Crippen LogP contribution in [0.2, 0.25) is 15.1 Å². The van der Waals surface area contributed by atoms with E-state index in [1.54, 1.807) is 12.1 Å². The van der Waals surface area contributed by atoms with Crippen molar-refractivity contribution in [2.45, 2.75) is 0 Å². The summed E-state index contributed by atoms with van der Waals surface area (Å²) in [6.45, 7) is 0. The van der Waals surface area contributed by atoms with Gasteiger partial charge in [-0.15, -0.1) is 0 Å². The molecule has 0 aliphatic heterocycles. The summed E-state index contributed by atoms with van der Waals surface area (Å²) in [4.78, 5) is 13.7. The molecule has 0 aliphatic carbocycles. The van der Waals surface area contributed by atoms with Crippen LogP contribution < -0.4 is 11.3 Å². The van der Waals surface area contributed by atoms with E-state index < -0.39 is 0 Å². The minimum Gasteiger partial charge on any atom is -0.394 e. The first-order valence-electron chi connectivity index (χ1n) is 4.63. The first-order chi connectivity index (χ1) is 8.00. The van der Waals surface area contributed by atoms with E-state index in [2.05, 4.69) is 4.98 Å². The maximum Gasteiger partial charge on any atom is 0.271 e. The molecule has 3 N–H and O–H groups in total. The zero-order chi connectivity index (χ0) is 12.6. The summed E-state index contributed by atoms with van der Waals surface area (Å²) < 4.78 is 0. The number of hydrogen-bond acceptors (Lipinski definition) is 2. The highest BCUT2D eigenvalue weighted by Crippen LogP contribution is 2.37. The third-order valence-corrected chi connectivity index (χ3v) is 3.57. The Morgan fingerprint density at radius 1 is 1.12 bits per heavy atom. The number of nitrogens with one attached hydrogen (secondary N) is 1. The van der Waals surface area contributed by atoms with Crippen LogP contribution >= 0.6 is 34.8 Å². The first kappa shape index (κ1) is 12.3. The van der Waals surface area contributed by atoms with Crippen molar-refractivity contribution in [1.29, 1.82) is 0 Å². The van der Waals surface area contributed by atoms with Crippen molar-refractivity contribution in [2.75, 3.05) is 5.73 Å². The molecule has 6 heteroatoms. The van der Waals surface area contributed by atoms with Gasteiger partial charge in [0.1, 0.15) is 0 Å². The molecule has 0 saturated heterocycles. The number of nitrogens with two attached hydrogens (primary N) is 1. The van der Waals surface area contributed by atoms with Crippen LogP contribution in [0.5, 0.6) is 0 Å². The van der Waals surface area contributed by atoms with Gasteiger partial charge in [0, 0.05) is 17.3 Å². The minimum atomic E-state index is -0.343. The molecule has 2 rings (SSSR count). The van der Waals surface area contributed by atoms with E-state index in [0.29, 0.717) is 21.2 Å². The second-order valence-corrected chi connectivity index (χ2v) is 4.56. The van der Waals surface area contributed by atoms with Gasteiger partial charge < -0.3 is 10.7 Å². The number of hydrogen-bond donors (Lipinski definition) is 2. The summed E-state index contributed by atoms with van der Waals surface area (Å²) in [6.07, 6.45) is 1.52. The molecule has 3 nitrogen and oxygen atoms in total. The Hall–Kier alpha value is -1.16. The Kier molecular flexibility index (Phi) is 3.33. The van der Waals surface area contributed by atoms with Gasteiger partial charge >= 0.3 is 0 Å². The SMILES string of the molecule is Nc1cc(-c2ccc(Cl)c(Cl)c2Cl)c[nH]c1=O. The van der Waals surface area contributed by atoms with Crippen LogP contribution in [0.25, 0.3) is 11.1 Å². The number of halogens is 3. The zero-order valence-corrected chi connectivity index (χ0v) is 10.7. The molecule has 1 heterocycles. The van der Waals surface area contributed by atoms with Crippen molar-refractivity contribution >= 4 is 40.5 Å². The normalized spacial score (nSPS) is 10.5. The lowest BCUT2D eigenvalue weighted by Crippen LogP contribution is -2.10. The van der Waals surface area contributed by atoms with Crippen molar-refractivity contribution in [3.05, 3.63) is 49.8 Å². The van der Waals surface area contributed by atoms with Crippen LogP contribution in [-0.2, 0) is 0 Å². The van der Waals surface area contributed by atoms with Gasteiger partial charge in [0.05, 0.1) is 20.8 Å². The smallest absolute Gasteiger partial charge is 0.271 e. The maximum atomic E-state index is 11.1. The Morgan fingerprint density at radius 2 is 1.82 bits per heavy atom. The fourth-order valence-electron chi connectivity index (χ4n) is 1.41. The van der Waals surface area contributed by atoms with Gasteiger partial charge in [0.25, 0.3) is 5.56 Å². The highest BCUT2D eigenvalue weighted by atomic mass is 35.5. The molecule has 0 radical (unpaired) electrons. The molecular formula is C11H7Cl3N2O. The van der Waals surface area contributed by atoms with E-state index in [1.807, 2.05) is 0 Å². The molecule has 0 saturated carbocycles. The number of rotatable bonds is 1. The molecule has 0 atom stereocenters. The summed E-state index contributed by atoms with van der Waals surface area (Å²) in [5.74, 6) is 0. The molecule has 0 bridgehead atoms. The first-order valence-corrected chi connectivity index (χ1v) is 5.76. The molecule has 1 aromatic heterocycles. The largest absolute Gasteiger partial charge is 0.394 e. The number of anilines is 1. The van der Waals surface area contributed by atoms with Gasteiger partial charge in [-0.05, 0) is 12.1 Å². The molecule has 0 fully saturated rings. The monoisotopic (exact) mass is 288 g/mol. The molecule has 0 aliphatic rings. The number of pyridine rings is 1. The predicted molar refractivity (Wildman–Crippen MR) is 71.9 cm³/mol. The van der Waals surface area contributed by atoms with E-state index in [4.69, 9.17) is 40.5 Å². The molecule has 0 unspecified atom stereocenters. The standard InChI is InChI=1S/C11H7Cl3N2O/c12-7-2-1-6(9(13)10(7)14)5-3-8(15)11(17)16-4-5/h1-4H,15H2,(H,16,17). The quantitative estimate of drug-likeness (QED) is 0.788.